The van der Waals surface area contributed by atoms with Crippen molar-refractivity contribution in [2.45, 2.75) is 99.7 Å². The molecule has 322 valence electrons. The fourth-order valence-corrected chi connectivity index (χ4v) is 6.38. The van der Waals surface area contributed by atoms with Crippen molar-refractivity contribution in [1.29, 1.82) is 0 Å². The maximum Gasteiger partial charge on any atom is 0.419 e. The first-order valence-corrected chi connectivity index (χ1v) is 19.4. The minimum atomic E-state index is -4.73. The van der Waals surface area contributed by atoms with E-state index in [1.165, 1.54) is 12.1 Å². The van der Waals surface area contributed by atoms with Crippen LogP contribution < -0.4 is 5.73 Å². The number of amides is 1. The third kappa shape index (κ3) is 20.3. The Morgan fingerprint density at radius 3 is 1.93 bits per heavy atom. The van der Waals surface area contributed by atoms with Crippen molar-refractivity contribution in [2.24, 2.45) is 17.6 Å². The second-order valence-corrected chi connectivity index (χ2v) is 14.3. The Balaban J connectivity index is 0. The van der Waals surface area contributed by atoms with Gasteiger partial charge in [0.25, 0.3) is 12.4 Å². The molecule has 1 saturated heterocycles. The van der Waals surface area contributed by atoms with Crippen molar-refractivity contribution < 1.29 is 45.8 Å². The van der Waals surface area contributed by atoms with Gasteiger partial charge in [0.15, 0.2) is 0 Å². The van der Waals surface area contributed by atoms with Crippen LogP contribution in [-0.4, -0.2) is 79.0 Å². The number of alkyl halides is 5. The SMILES string of the molecule is CC(C)CC(C)N(C)/C=C(CCN1CC(C)C1)\C(=C/C=O)C(C)(F)F.CC/C=C\c1cc(-c2c(C)cc(C)cc2C)cc(C(F)(F)F)c1F.CS.NC=O.O=CO. The summed E-state index contributed by atoms with van der Waals surface area (Å²) in [7, 11) is 1.92. The summed E-state index contributed by atoms with van der Waals surface area (Å²) in [4.78, 5) is 32.1. The van der Waals surface area contributed by atoms with Crippen molar-refractivity contribution in [2.75, 3.05) is 32.9 Å². The van der Waals surface area contributed by atoms with Crippen LogP contribution >= 0.6 is 12.6 Å². The number of carbonyl (C=O) groups is 3. The van der Waals surface area contributed by atoms with E-state index in [9.17, 15) is 31.1 Å². The highest BCUT2D eigenvalue weighted by Gasteiger charge is 2.36. The zero-order valence-electron chi connectivity index (χ0n) is 35.2. The number of carbonyl (C=O) groups excluding carboxylic acids is 2. The summed E-state index contributed by atoms with van der Waals surface area (Å²) in [5.74, 6) is -3.04. The monoisotopic (exact) mass is 831 g/mol. The molecule has 3 N–H and O–H groups in total. The van der Waals surface area contributed by atoms with Crippen molar-refractivity contribution in [3.05, 3.63) is 87.4 Å². The number of hydrogen-bond acceptors (Lipinski definition) is 6. The second kappa shape index (κ2) is 27.6. The molecule has 0 aliphatic carbocycles. The van der Waals surface area contributed by atoms with Crippen molar-refractivity contribution in [1.82, 2.24) is 9.80 Å². The lowest BCUT2D eigenvalue weighted by Crippen LogP contribution is -2.45. The fraction of sp³-hybridized carbons (Fsp3) is 0.512. The van der Waals surface area contributed by atoms with E-state index in [-0.39, 0.29) is 30.1 Å². The Hall–Kier alpha value is -4.04. The van der Waals surface area contributed by atoms with Gasteiger partial charge in [-0.2, -0.15) is 25.8 Å². The molecule has 2 aromatic rings. The standard InChI is InChI=1S/C20H20F4.C20H34F2N2O.CH3NO.CH2O2.CH4S/c1-5-6-7-15-10-16(11-17(19(15)21)20(22,23)24)18-13(3)8-12(2)9-14(18)4;1-15(2)11-17(4)23(6)14-18(7-9-24-12-16(3)13-24)19(8-10-25)20(5,21)22;2*2-1-3;1-2/h6-11H,5H2,1-4H3;8,10,14-17H,7,9,11-13H2,1-6H3;1H,(H2,2,3);1H,(H,2,3);2H,1H3/b7-6-;18-14-,19-8+;;;. The summed E-state index contributed by atoms with van der Waals surface area (Å²) in [6.07, 6.45) is 5.69. The zero-order valence-corrected chi connectivity index (χ0v) is 36.1. The molecular formula is C43H63F6N3O4S. The summed E-state index contributed by atoms with van der Waals surface area (Å²) in [5.41, 5.74) is 7.17. The average molecular weight is 832 g/mol. The van der Waals surface area contributed by atoms with Crippen molar-refractivity contribution >= 4 is 37.9 Å². The van der Waals surface area contributed by atoms with Gasteiger partial charge in [0.05, 0.1) is 5.56 Å². The van der Waals surface area contributed by atoms with E-state index in [1.54, 1.807) is 12.3 Å². The van der Waals surface area contributed by atoms with Crippen LogP contribution in [0.25, 0.3) is 17.2 Å². The van der Waals surface area contributed by atoms with E-state index in [0.29, 0.717) is 42.1 Å². The lowest BCUT2D eigenvalue weighted by Gasteiger charge is -2.37. The van der Waals surface area contributed by atoms with Crippen molar-refractivity contribution in [3.63, 3.8) is 0 Å². The number of aldehydes is 1. The van der Waals surface area contributed by atoms with Gasteiger partial charge in [0.1, 0.15) is 12.1 Å². The topological polar surface area (TPSA) is 104 Å². The van der Waals surface area contributed by atoms with E-state index in [1.807, 2.05) is 58.0 Å². The second-order valence-electron chi connectivity index (χ2n) is 14.3. The fourth-order valence-electron chi connectivity index (χ4n) is 6.38. The highest BCUT2D eigenvalue weighted by molar-refractivity contribution is 7.79. The van der Waals surface area contributed by atoms with E-state index >= 15 is 0 Å². The zero-order chi connectivity index (χ0) is 44.7. The molecule has 2 aromatic carbocycles. The van der Waals surface area contributed by atoms with Crippen LogP contribution in [0.5, 0.6) is 0 Å². The Morgan fingerprint density at radius 1 is 1.02 bits per heavy atom. The quantitative estimate of drug-likeness (QED) is 0.0611. The van der Waals surface area contributed by atoms with Gasteiger partial charge >= 0.3 is 6.18 Å². The number of allylic oxidation sites excluding steroid dienone is 3. The molecule has 0 spiro atoms. The first-order valence-electron chi connectivity index (χ1n) is 18.5. The number of thiol groups is 1. The van der Waals surface area contributed by atoms with Gasteiger partial charge in [-0.1, -0.05) is 57.5 Å². The first kappa shape index (κ1) is 55.1. The first-order chi connectivity index (χ1) is 26.5. The van der Waals surface area contributed by atoms with Gasteiger partial charge in [-0.15, -0.1) is 0 Å². The molecule has 0 bridgehead atoms. The lowest BCUT2D eigenvalue weighted by molar-refractivity contribution is -0.140. The maximum atomic E-state index is 14.3. The Labute approximate surface area is 341 Å². The van der Waals surface area contributed by atoms with E-state index in [4.69, 9.17) is 14.7 Å². The summed E-state index contributed by atoms with van der Waals surface area (Å²) in [6, 6.07) is 6.48. The largest absolute Gasteiger partial charge is 0.483 e. The number of likely N-dealkylation sites (tertiary alicyclic amines) is 1. The Morgan fingerprint density at radius 2 is 1.53 bits per heavy atom. The van der Waals surface area contributed by atoms with Gasteiger partial charge in [0.2, 0.25) is 6.41 Å². The minimum absolute atomic E-state index is 0.0407. The normalized spacial score (nSPS) is 14.0. The van der Waals surface area contributed by atoms with Crippen LogP contribution in [0.3, 0.4) is 0 Å². The van der Waals surface area contributed by atoms with Gasteiger partial charge < -0.3 is 20.6 Å². The van der Waals surface area contributed by atoms with Crippen LogP contribution in [0.15, 0.2) is 53.8 Å². The molecule has 1 aliphatic heterocycles. The average Bonchev–Trinajstić information content (AvgIpc) is 3.08. The number of halogens is 6. The molecule has 7 nitrogen and oxygen atoms in total. The van der Waals surface area contributed by atoms with Crippen LogP contribution in [0.1, 0.15) is 88.6 Å². The number of nitrogens with zero attached hydrogens (tertiary/aromatic N) is 2. The van der Waals surface area contributed by atoms with Gasteiger partial charge in [-0.05, 0) is 111 Å². The maximum absolute atomic E-state index is 14.3. The predicted molar refractivity (Wildman–Crippen MR) is 224 cm³/mol. The predicted octanol–water partition coefficient (Wildman–Crippen LogP) is 10.6. The smallest absolute Gasteiger partial charge is 0.419 e. The van der Waals surface area contributed by atoms with E-state index < -0.39 is 23.5 Å². The minimum Gasteiger partial charge on any atom is -0.483 e. The summed E-state index contributed by atoms with van der Waals surface area (Å²) >= 11 is 3.53. The molecule has 1 heterocycles. The van der Waals surface area contributed by atoms with Gasteiger partial charge in [-0.25, -0.2) is 13.2 Å². The van der Waals surface area contributed by atoms with E-state index in [2.05, 4.69) is 51.0 Å². The Kier molecular flexibility index (Phi) is 26.6. The molecule has 0 radical (unpaired) electrons. The van der Waals surface area contributed by atoms with Gasteiger partial charge in [-0.3, -0.25) is 14.4 Å². The molecule has 1 amide bonds. The van der Waals surface area contributed by atoms with Gasteiger partial charge in [0, 0.05) is 57.0 Å². The van der Waals surface area contributed by atoms with E-state index in [0.717, 1.165) is 67.4 Å². The highest BCUT2D eigenvalue weighted by Crippen LogP contribution is 2.38. The van der Waals surface area contributed by atoms with Crippen LogP contribution in [0.4, 0.5) is 26.3 Å². The summed E-state index contributed by atoms with van der Waals surface area (Å²) < 4.78 is 82.2. The third-order valence-corrected chi connectivity index (χ3v) is 8.66. The molecule has 57 heavy (non-hydrogen) atoms. The number of rotatable bonds is 13. The van der Waals surface area contributed by atoms with Crippen LogP contribution in [0.2, 0.25) is 0 Å². The van der Waals surface area contributed by atoms with Crippen molar-refractivity contribution in [3.8, 4) is 11.1 Å². The Bertz CT molecular complexity index is 1590. The third-order valence-electron chi connectivity index (χ3n) is 8.66. The molecule has 3 rings (SSSR count). The molecule has 1 aliphatic rings. The molecule has 1 unspecified atom stereocenters. The lowest BCUT2D eigenvalue weighted by atomic mass is 9.91. The number of carboxylic acid groups (broad SMARTS) is 1. The van der Waals surface area contributed by atoms with Crippen LogP contribution in [0, 0.1) is 38.4 Å². The highest BCUT2D eigenvalue weighted by atomic mass is 32.1. The number of hydrogen-bond donors (Lipinski definition) is 3. The number of aryl methyl sites for hydroxylation is 3. The molecule has 0 saturated carbocycles. The summed E-state index contributed by atoms with van der Waals surface area (Å²) in [5, 5.41) is 6.89. The number of benzene rings is 2. The molecule has 14 heteroatoms. The van der Waals surface area contributed by atoms with Crippen LogP contribution in [-0.2, 0) is 20.6 Å². The number of nitrogens with two attached hydrogens (primary N) is 1. The molecule has 1 atom stereocenters. The molecule has 0 aromatic heterocycles. The number of primary amides is 1. The molecular weight excluding hydrogens is 769 g/mol. The summed E-state index contributed by atoms with van der Waals surface area (Å²) in [6.45, 7) is 19.5. The molecule has 1 fully saturated rings.